The van der Waals surface area contributed by atoms with Crippen molar-refractivity contribution in [2.24, 2.45) is 0 Å². The molecule has 0 saturated carbocycles. The second kappa shape index (κ2) is 6.52. The number of carbonyl (C=O) groups excluding carboxylic acids is 1. The molecular weight excluding hydrogens is 270 g/mol. The summed E-state index contributed by atoms with van der Waals surface area (Å²) < 4.78 is 0. The van der Waals surface area contributed by atoms with Crippen LogP contribution in [0.25, 0.3) is 0 Å². The molecule has 20 heavy (non-hydrogen) atoms. The highest BCUT2D eigenvalue weighted by atomic mass is 32.1. The van der Waals surface area contributed by atoms with Gasteiger partial charge in [0.05, 0.1) is 12.2 Å². The van der Waals surface area contributed by atoms with Crippen molar-refractivity contribution >= 4 is 28.1 Å². The largest absolute Gasteiger partial charge is 0.362 e. The Bertz CT molecular complexity index is 594. The number of aromatic nitrogens is 1. The van der Waals surface area contributed by atoms with E-state index in [-0.39, 0.29) is 5.91 Å². The summed E-state index contributed by atoms with van der Waals surface area (Å²) >= 11 is 1.45. The monoisotopic (exact) mass is 289 g/mol. The minimum atomic E-state index is -0.0375. The molecule has 0 radical (unpaired) electrons. The number of anilines is 2. The molecule has 0 saturated heterocycles. The number of thiazole rings is 1. The van der Waals surface area contributed by atoms with E-state index in [1.165, 1.54) is 16.9 Å². The van der Waals surface area contributed by atoms with Crippen LogP contribution in [0, 0.1) is 13.8 Å². The predicted molar refractivity (Wildman–Crippen MR) is 84.5 cm³/mol. The van der Waals surface area contributed by atoms with E-state index >= 15 is 0 Å². The average Bonchev–Trinajstić information content (AvgIpc) is 2.82. The Labute approximate surface area is 123 Å². The lowest BCUT2D eigenvalue weighted by Crippen LogP contribution is -2.33. The number of amides is 1. The van der Waals surface area contributed by atoms with Crippen LogP contribution in [0.4, 0.5) is 10.8 Å². The maximum atomic E-state index is 12.1. The van der Waals surface area contributed by atoms with Crippen LogP contribution in [0.15, 0.2) is 29.6 Å². The molecule has 0 aliphatic heterocycles. The van der Waals surface area contributed by atoms with Gasteiger partial charge < -0.3 is 10.2 Å². The molecule has 1 aromatic heterocycles. The van der Waals surface area contributed by atoms with Gasteiger partial charge in [-0.05, 0) is 32.4 Å². The Kier molecular flexibility index (Phi) is 4.74. The molecule has 4 nitrogen and oxygen atoms in total. The van der Waals surface area contributed by atoms with E-state index in [1.54, 1.807) is 0 Å². The molecule has 0 fully saturated rings. The molecule has 5 heteroatoms. The van der Waals surface area contributed by atoms with E-state index in [1.807, 2.05) is 37.4 Å². The molecule has 0 aliphatic carbocycles. The van der Waals surface area contributed by atoms with Crippen molar-refractivity contribution in [3.8, 4) is 0 Å². The fourth-order valence-electron chi connectivity index (χ4n) is 2.03. The van der Waals surface area contributed by atoms with Gasteiger partial charge in [0, 0.05) is 17.6 Å². The van der Waals surface area contributed by atoms with Crippen LogP contribution in [0.3, 0.4) is 0 Å². The van der Waals surface area contributed by atoms with Crippen LogP contribution in [0.1, 0.15) is 18.2 Å². The molecule has 106 valence electrons. The molecular formula is C15H19N3OS. The van der Waals surface area contributed by atoms with Crippen molar-refractivity contribution in [1.82, 2.24) is 4.98 Å². The number of hydrogen-bond donors (Lipinski definition) is 1. The second-order valence-corrected chi connectivity index (χ2v) is 5.50. The number of nitrogens with zero attached hydrogens (tertiary/aromatic N) is 2. The number of likely N-dealkylation sites (N-methyl/N-ethyl adjacent to an activating group) is 1. The van der Waals surface area contributed by atoms with Gasteiger partial charge in [0.25, 0.3) is 0 Å². The zero-order valence-electron chi connectivity index (χ0n) is 12.0. The van der Waals surface area contributed by atoms with E-state index in [9.17, 15) is 4.79 Å². The molecule has 0 atom stereocenters. The van der Waals surface area contributed by atoms with E-state index in [2.05, 4.69) is 28.2 Å². The first-order valence-electron chi connectivity index (χ1n) is 6.62. The SMILES string of the molecule is CCN(CC(=O)Nc1nc(C)cs1)c1ccccc1C. The van der Waals surface area contributed by atoms with Gasteiger partial charge in [-0.1, -0.05) is 18.2 Å². The predicted octanol–water partition coefficient (Wildman–Crippen LogP) is 3.22. The smallest absolute Gasteiger partial charge is 0.245 e. The molecule has 2 aromatic rings. The third kappa shape index (κ3) is 3.57. The summed E-state index contributed by atoms with van der Waals surface area (Å²) in [5.41, 5.74) is 3.20. The maximum absolute atomic E-state index is 12.1. The normalized spacial score (nSPS) is 10.3. The molecule has 2 rings (SSSR count). The number of aryl methyl sites for hydroxylation is 2. The zero-order valence-corrected chi connectivity index (χ0v) is 12.8. The molecule has 0 unspecified atom stereocenters. The summed E-state index contributed by atoms with van der Waals surface area (Å²) in [7, 11) is 0. The fourth-order valence-corrected chi connectivity index (χ4v) is 2.73. The Morgan fingerprint density at radius 3 is 2.70 bits per heavy atom. The van der Waals surface area contributed by atoms with Gasteiger partial charge in [0.2, 0.25) is 5.91 Å². The number of rotatable bonds is 5. The molecule has 0 bridgehead atoms. The summed E-state index contributed by atoms with van der Waals surface area (Å²) in [6.07, 6.45) is 0. The summed E-state index contributed by atoms with van der Waals surface area (Å²) in [6, 6.07) is 8.10. The van der Waals surface area contributed by atoms with Crippen molar-refractivity contribution in [3.63, 3.8) is 0 Å². The van der Waals surface area contributed by atoms with Crippen molar-refractivity contribution in [1.29, 1.82) is 0 Å². The molecule has 0 aliphatic rings. The van der Waals surface area contributed by atoms with Crippen LogP contribution >= 0.6 is 11.3 Å². The van der Waals surface area contributed by atoms with Gasteiger partial charge in [0.1, 0.15) is 0 Å². The lowest BCUT2D eigenvalue weighted by molar-refractivity contribution is -0.115. The van der Waals surface area contributed by atoms with Crippen LogP contribution in [0.5, 0.6) is 0 Å². The van der Waals surface area contributed by atoms with Crippen LogP contribution < -0.4 is 10.2 Å². The minimum absolute atomic E-state index is 0.0375. The first-order valence-corrected chi connectivity index (χ1v) is 7.50. The number of benzene rings is 1. The molecule has 1 aromatic carbocycles. The lowest BCUT2D eigenvalue weighted by atomic mass is 10.2. The third-order valence-electron chi connectivity index (χ3n) is 3.04. The molecule has 0 spiro atoms. The van der Waals surface area contributed by atoms with Crippen LogP contribution in [-0.2, 0) is 4.79 Å². The highest BCUT2D eigenvalue weighted by Gasteiger charge is 2.12. The van der Waals surface area contributed by atoms with Crippen molar-refractivity contribution in [2.45, 2.75) is 20.8 Å². The van der Waals surface area contributed by atoms with Crippen molar-refractivity contribution < 1.29 is 4.79 Å². The van der Waals surface area contributed by atoms with Crippen LogP contribution in [-0.4, -0.2) is 24.0 Å². The first-order chi connectivity index (χ1) is 9.60. The Balaban J connectivity index is 2.03. The van der Waals surface area contributed by atoms with Gasteiger partial charge >= 0.3 is 0 Å². The standard InChI is InChI=1S/C15H19N3OS/c1-4-18(13-8-6-5-7-11(13)2)9-14(19)17-15-16-12(3)10-20-15/h5-8,10H,4,9H2,1-3H3,(H,16,17,19). The highest BCUT2D eigenvalue weighted by Crippen LogP contribution is 2.19. The maximum Gasteiger partial charge on any atom is 0.245 e. The third-order valence-corrected chi connectivity index (χ3v) is 3.91. The number of nitrogens with one attached hydrogen (secondary N) is 1. The quantitative estimate of drug-likeness (QED) is 0.919. The van der Waals surface area contributed by atoms with Gasteiger partial charge in [-0.2, -0.15) is 0 Å². The lowest BCUT2D eigenvalue weighted by Gasteiger charge is -2.24. The van der Waals surface area contributed by atoms with Gasteiger partial charge in [-0.15, -0.1) is 11.3 Å². The summed E-state index contributed by atoms with van der Waals surface area (Å²) in [5, 5.41) is 5.43. The van der Waals surface area contributed by atoms with E-state index in [0.717, 1.165) is 17.9 Å². The van der Waals surface area contributed by atoms with Crippen molar-refractivity contribution in [3.05, 3.63) is 40.9 Å². The Morgan fingerprint density at radius 1 is 1.35 bits per heavy atom. The highest BCUT2D eigenvalue weighted by molar-refractivity contribution is 7.13. The fraction of sp³-hybridized carbons (Fsp3) is 0.333. The van der Waals surface area contributed by atoms with Crippen molar-refractivity contribution in [2.75, 3.05) is 23.3 Å². The zero-order chi connectivity index (χ0) is 14.5. The molecule has 1 heterocycles. The number of carbonyl (C=O) groups is 1. The Morgan fingerprint density at radius 2 is 2.10 bits per heavy atom. The van der Waals surface area contributed by atoms with E-state index in [0.29, 0.717) is 11.7 Å². The molecule has 1 amide bonds. The van der Waals surface area contributed by atoms with Crippen LogP contribution in [0.2, 0.25) is 0 Å². The van der Waals surface area contributed by atoms with E-state index < -0.39 is 0 Å². The average molecular weight is 289 g/mol. The summed E-state index contributed by atoms with van der Waals surface area (Å²) in [5.74, 6) is -0.0375. The van der Waals surface area contributed by atoms with Gasteiger partial charge in [-0.3, -0.25) is 4.79 Å². The topological polar surface area (TPSA) is 45.2 Å². The first kappa shape index (κ1) is 14.5. The minimum Gasteiger partial charge on any atom is -0.362 e. The Hall–Kier alpha value is -1.88. The summed E-state index contributed by atoms with van der Waals surface area (Å²) in [4.78, 5) is 18.4. The second-order valence-electron chi connectivity index (χ2n) is 4.64. The van der Waals surface area contributed by atoms with E-state index in [4.69, 9.17) is 0 Å². The number of hydrogen-bond acceptors (Lipinski definition) is 4. The number of para-hydroxylation sites is 1. The van der Waals surface area contributed by atoms with Gasteiger partial charge in [-0.25, -0.2) is 4.98 Å². The molecule has 1 N–H and O–H groups in total. The summed E-state index contributed by atoms with van der Waals surface area (Å²) in [6.45, 7) is 7.14. The van der Waals surface area contributed by atoms with Gasteiger partial charge in [0.15, 0.2) is 5.13 Å².